The molecule has 1 heterocycles. The summed E-state index contributed by atoms with van der Waals surface area (Å²) in [4.78, 5) is 10.5. The molecule has 6 nitrogen and oxygen atoms in total. The van der Waals surface area contributed by atoms with E-state index in [1.54, 1.807) is 12.1 Å². The van der Waals surface area contributed by atoms with Crippen molar-refractivity contribution >= 4 is 37.2 Å². The first-order valence-electron chi connectivity index (χ1n) is 7.38. The lowest BCUT2D eigenvalue weighted by Crippen LogP contribution is -2.46. The van der Waals surface area contributed by atoms with Gasteiger partial charge in [0.1, 0.15) is 11.6 Å². The van der Waals surface area contributed by atoms with Crippen LogP contribution in [0.5, 0.6) is 0 Å². The Hall–Kier alpha value is -2.02. The van der Waals surface area contributed by atoms with Crippen molar-refractivity contribution in [3.63, 3.8) is 0 Å². The van der Waals surface area contributed by atoms with Crippen LogP contribution in [0, 0.1) is 21.3 Å². The standard InChI is InChI=1S/C16H15FN3O3PS/c17-10-3-1-2-9(6-10)15-16(18)19-13(8-25(15)23)12-7-11(20(21)22)4-5-14(12)24/h1-7,13,15H,8,24H2,(H2,18,19). The highest BCUT2D eigenvalue weighted by molar-refractivity contribution is 7.92. The Bertz CT molecular complexity index is 851. The molecule has 3 rings (SSSR count). The fraction of sp³-hybridized carbons (Fsp3) is 0.188. The minimum atomic E-state index is -1.46. The number of rotatable bonds is 3. The van der Waals surface area contributed by atoms with Gasteiger partial charge in [0.05, 0.1) is 11.0 Å². The van der Waals surface area contributed by atoms with Crippen LogP contribution in [0.4, 0.5) is 10.1 Å². The van der Waals surface area contributed by atoms with Crippen molar-refractivity contribution in [1.29, 1.82) is 5.41 Å². The molecule has 0 saturated carbocycles. The van der Waals surface area contributed by atoms with Crippen molar-refractivity contribution in [2.75, 3.05) is 5.75 Å². The van der Waals surface area contributed by atoms with E-state index < -0.39 is 33.2 Å². The minimum Gasteiger partial charge on any atom is -0.615 e. The third-order valence-corrected chi connectivity index (χ3v) is 6.22. The van der Waals surface area contributed by atoms with Gasteiger partial charge < -0.3 is 9.87 Å². The topological polar surface area (TPSA) is 102 Å². The van der Waals surface area contributed by atoms with Gasteiger partial charge in [-0.1, -0.05) is 12.1 Å². The number of hydrogen-bond acceptors (Lipinski definition) is 4. The van der Waals surface area contributed by atoms with Crippen molar-refractivity contribution in [2.24, 2.45) is 0 Å². The molecule has 0 bridgehead atoms. The van der Waals surface area contributed by atoms with E-state index >= 15 is 0 Å². The second-order valence-corrected chi connectivity index (χ2v) is 7.85. The molecule has 130 valence electrons. The second-order valence-electron chi connectivity index (χ2n) is 5.66. The molecule has 0 amide bonds. The number of nitro groups is 1. The van der Waals surface area contributed by atoms with Crippen LogP contribution < -0.4 is 10.6 Å². The highest BCUT2D eigenvalue weighted by Crippen LogP contribution is 2.33. The minimum absolute atomic E-state index is 0.0103. The largest absolute Gasteiger partial charge is 0.615 e. The molecule has 1 aliphatic rings. The van der Waals surface area contributed by atoms with Gasteiger partial charge in [-0.3, -0.25) is 15.5 Å². The van der Waals surface area contributed by atoms with Gasteiger partial charge in [-0.25, -0.2) is 4.39 Å². The van der Waals surface area contributed by atoms with E-state index in [9.17, 15) is 19.1 Å². The zero-order valence-corrected chi connectivity index (χ0v) is 14.9. The van der Waals surface area contributed by atoms with Gasteiger partial charge in [-0.2, -0.15) is 0 Å². The van der Waals surface area contributed by atoms with Crippen molar-refractivity contribution in [2.45, 2.75) is 11.3 Å². The number of amidine groups is 1. The number of nitrogens with one attached hydrogen (secondary N) is 2. The van der Waals surface area contributed by atoms with Crippen LogP contribution in [0.15, 0.2) is 42.5 Å². The van der Waals surface area contributed by atoms with E-state index in [0.717, 1.165) is 5.30 Å². The lowest BCUT2D eigenvalue weighted by Gasteiger charge is -2.34. The maximum absolute atomic E-state index is 13.4. The van der Waals surface area contributed by atoms with Crippen LogP contribution in [0.2, 0.25) is 0 Å². The number of nitrogens with zero attached hydrogens (tertiary/aromatic N) is 1. The third-order valence-electron chi connectivity index (χ3n) is 3.99. The Labute approximate surface area is 148 Å². The highest BCUT2D eigenvalue weighted by Gasteiger charge is 2.39. The van der Waals surface area contributed by atoms with Crippen LogP contribution in [0.1, 0.15) is 22.4 Å². The molecule has 2 N–H and O–H groups in total. The Kier molecular flexibility index (Phi) is 5.03. The van der Waals surface area contributed by atoms with Crippen LogP contribution in [0.25, 0.3) is 0 Å². The lowest BCUT2D eigenvalue weighted by molar-refractivity contribution is -0.384. The monoisotopic (exact) mass is 379 g/mol. The fourth-order valence-electron chi connectivity index (χ4n) is 2.83. The van der Waals surface area contributed by atoms with Gasteiger partial charge in [-0.05, 0) is 40.2 Å². The summed E-state index contributed by atoms with van der Waals surface area (Å²) in [6, 6.07) is 9.65. The molecule has 1 saturated heterocycles. The Morgan fingerprint density at radius 1 is 1.32 bits per heavy atom. The molecular formula is C16H15FN3O3PS. The summed E-state index contributed by atoms with van der Waals surface area (Å²) < 4.78 is 26.1. The first-order valence-corrected chi connectivity index (χ1v) is 9.34. The van der Waals surface area contributed by atoms with E-state index in [-0.39, 0.29) is 17.3 Å². The van der Waals surface area contributed by atoms with Crippen molar-refractivity contribution < 1.29 is 13.9 Å². The van der Waals surface area contributed by atoms with Gasteiger partial charge in [-0.15, -0.1) is 9.24 Å². The number of halogens is 1. The van der Waals surface area contributed by atoms with E-state index in [4.69, 9.17) is 5.41 Å². The molecule has 2 aromatic carbocycles. The summed E-state index contributed by atoms with van der Waals surface area (Å²) in [7, 11) is 2.49. The van der Waals surface area contributed by atoms with Crippen molar-refractivity contribution in [1.82, 2.24) is 5.32 Å². The summed E-state index contributed by atoms with van der Waals surface area (Å²) in [6.07, 6.45) is 0. The third kappa shape index (κ3) is 3.66. The zero-order valence-electron chi connectivity index (χ0n) is 12.9. The molecular weight excluding hydrogens is 364 g/mol. The SMILES string of the molecule is N=C1NC(c2cc([N+](=O)[O-])ccc2P)C[S+]([O-])C1c1cccc(F)c1. The molecule has 2 aromatic rings. The molecule has 4 atom stereocenters. The Morgan fingerprint density at radius 2 is 2.08 bits per heavy atom. The van der Waals surface area contributed by atoms with Gasteiger partial charge in [0.15, 0.2) is 11.1 Å². The van der Waals surface area contributed by atoms with E-state index in [1.807, 2.05) is 0 Å². The van der Waals surface area contributed by atoms with Gasteiger partial charge >= 0.3 is 0 Å². The summed E-state index contributed by atoms with van der Waals surface area (Å²) in [5.74, 6) is -0.266. The normalized spacial score (nSPS) is 23.2. The zero-order chi connectivity index (χ0) is 18.1. The predicted octanol–water partition coefficient (Wildman–Crippen LogP) is 2.35. The molecule has 0 radical (unpaired) electrons. The smallest absolute Gasteiger partial charge is 0.269 e. The Balaban J connectivity index is 1.89. The molecule has 4 unspecified atom stereocenters. The average Bonchev–Trinajstić information content (AvgIpc) is 2.54. The van der Waals surface area contributed by atoms with Gasteiger partial charge in [0, 0.05) is 17.7 Å². The predicted molar refractivity (Wildman–Crippen MR) is 98.2 cm³/mol. The quantitative estimate of drug-likeness (QED) is 0.370. The van der Waals surface area contributed by atoms with Gasteiger partial charge in [0.25, 0.3) is 5.69 Å². The van der Waals surface area contributed by atoms with Gasteiger partial charge in [0.2, 0.25) is 0 Å². The molecule has 0 aromatic heterocycles. The second kappa shape index (κ2) is 7.07. The van der Waals surface area contributed by atoms with Crippen molar-refractivity contribution in [3.8, 4) is 0 Å². The van der Waals surface area contributed by atoms with Crippen LogP contribution in [-0.4, -0.2) is 21.1 Å². The molecule has 9 heteroatoms. The number of nitro benzene ring substituents is 1. The van der Waals surface area contributed by atoms with E-state index in [1.165, 1.54) is 30.3 Å². The summed E-state index contributed by atoms with van der Waals surface area (Å²) >= 11 is -1.46. The fourth-order valence-corrected chi connectivity index (χ4v) is 4.78. The first kappa shape index (κ1) is 17.8. The molecule has 0 spiro atoms. The summed E-state index contributed by atoms with van der Waals surface area (Å²) in [5, 5.41) is 22.2. The first-order chi connectivity index (χ1) is 11.9. The van der Waals surface area contributed by atoms with Crippen LogP contribution >= 0.6 is 9.24 Å². The van der Waals surface area contributed by atoms with Crippen molar-refractivity contribution in [3.05, 3.63) is 69.5 Å². The van der Waals surface area contributed by atoms with Crippen LogP contribution in [-0.2, 0) is 11.2 Å². The average molecular weight is 379 g/mol. The summed E-state index contributed by atoms with van der Waals surface area (Å²) in [6.45, 7) is 0. The molecule has 0 aliphatic carbocycles. The van der Waals surface area contributed by atoms with E-state index in [0.29, 0.717) is 11.1 Å². The van der Waals surface area contributed by atoms with E-state index in [2.05, 4.69) is 14.6 Å². The molecule has 1 aliphatic heterocycles. The van der Waals surface area contributed by atoms with Crippen LogP contribution in [0.3, 0.4) is 0 Å². The number of benzene rings is 2. The maximum atomic E-state index is 13.4. The molecule has 25 heavy (non-hydrogen) atoms. The lowest BCUT2D eigenvalue weighted by atomic mass is 10.1. The molecule has 1 fully saturated rings. The number of hydrogen-bond donors (Lipinski definition) is 2. The Morgan fingerprint density at radius 3 is 2.72 bits per heavy atom. The maximum Gasteiger partial charge on any atom is 0.269 e. The number of non-ortho nitro benzene ring substituents is 1. The summed E-state index contributed by atoms with van der Waals surface area (Å²) in [5.41, 5.74) is 1.02. The highest BCUT2D eigenvalue weighted by atomic mass is 32.2.